The number of unbranched alkanes of at least 4 members (excludes halogenated alkanes) is 2. The summed E-state index contributed by atoms with van der Waals surface area (Å²) in [6.07, 6.45) is 7.06. The molecule has 0 spiro atoms. The van der Waals surface area contributed by atoms with Crippen LogP contribution in [0.1, 0.15) is 91.8 Å². The van der Waals surface area contributed by atoms with Crippen LogP contribution < -0.4 is 20.1 Å². The molecule has 2 fully saturated rings. The molecule has 56 heavy (non-hydrogen) atoms. The van der Waals surface area contributed by atoms with Gasteiger partial charge in [-0.1, -0.05) is 50.6 Å². The number of carbonyl (C=O) groups excluding carboxylic acids is 4. The summed E-state index contributed by atoms with van der Waals surface area (Å²) in [5, 5.41) is 14.4. The first-order valence-corrected chi connectivity index (χ1v) is 19.1. The second-order valence-electron chi connectivity index (χ2n) is 15.7. The molecule has 4 heterocycles. The Morgan fingerprint density at radius 3 is 2.54 bits per heavy atom. The number of nitrogens with zero attached hydrogens (tertiary/aromatic N) is 6. The molecule has 2 N–H and O–H groups in total. The lowest BCUT2D eigenvalue weighted by Gasteiger charge is -2.63. The molecular formula is C41H43ClN8O6. The Bertz CT molecular complexity index is 2210. The van der Waals surface area contributed by atoms with Crippen molar-refractivity contribution in [3.8, 4) is 17.3 Å². The van der Waals surface area contributed by atoms with Crippen LogP contribution >= 0.6 is 11.6 Å². The molecule has 3 aliphatic rings. The summed E-state index contributed by atoms with van der Waals surface area (Å²) in [4.78, 5) is 59.5. The molecule has 1 saturated heterocycles. The first-order chi connectivity index (χ1) is 26.8. The van der Waals surface area contributed by atoms with Gasteiger partial charge in [0.05, 0.1) is 35.7 Å². The third kappa shape index (κ3) is 7.55. The Labute approximate surface area is 329 Å². The number of aromatic nitrogens is 4. The van der Waals surface area contributed by atoms with E-state index in [0.29, 0.717) is 58.7 Å². The Morgan fingerprint density at radius 1 is 1.04 bits per heavy atom. The summed E-state index contributed by atoms with van der Waals surface area (Å²) < 4.78 is 13.9. The molecule has 0 bridgehead atoms. The van der Waals surface area contributed by atoms with Crippen molar-refractivity contribution in [1.82, 2.24) is 35.5 Å². The number of pyridine rings is 1. The summed E-state index contributed by atoms with van der Waals surface area (Å²) >= 11 is 6.23. The topological polar surface area (TPSA) is 162 Å². The average Bonchev–Trinajstić information content (AvgIpc) is 3.78. The number of halogens is 1. The van der Waals surface area contributed by atoms with Gasteiger partial charge >= 0.3 is 0 Å². The van der Waals surface area contributed by atoms with E-state index in [2.05, 4.69) is 58.5 Å². The van der Waals surface area contributed by atoms with Gasteiger partial charge in [-0.2, -0.15) is 0 Å². The number of piperidine rings is 1. The highest BCUT2D eigenvalue weighted by Gasteiger charge is 2.64. The summed E-state index contributed by atoms with van der Waals surface area (Å²) in [6.45, 7) is 16.3. The first-order valence-electron chi connectivity index (χ1n) is 18.7. The maximum Gasteiger partial charge on any atom is 0.255 e. The fourth-order valence-electron chi connectivity index (χ4n) is 8.40. The lowest BCUT2D eigenvalue weighted by molar-refractivity contribution is -0.164. The van der Waals surface area contributed by atoms with Gasteiger partial charge in [-0.15, -0.1) is 5.10 Å². The predicted molar refractivity (Wildman–Crippen MR) is 206 cm³/mol. The molecule has 2 aliphatic heterocycles. The fourth-order valence-corrected chi connectivity index (χ4v) is 8.61. The van der Waals surface area contributed by atoms with Gasteiger partial charge in [0.1, 0.15) is 23.6 Å². The van der Waals surface area contributed by atoms with E-state index >= 15 is 0 Å². The van der Waals surface area contributed by atoms with Crippen LogP contribution in [0.25, 0.3) is 10.7 Å². The molecule has 7 rings (SSSR count). The number of rotatable bonds is 13. The van der Waals surface area contributed by atoms with Gasteiger partial charge in [0.25, 0.3) is 11.8 Å². The molecule has 2 aromatic heterocycles. The lowest BCUT2D eigenvalue weighted by atomic mass is 9.49. The number of nitrogens with one attached hydrogen (secondary N) is 2. The van der Waals surface area contributed by atoms with Crippen LogP contribution in [-0.4, -0.2) is 73.3 Å². The highest BCUT2D eigenvalue weighted by Crippen LogP contribution is 2.55. The van der Waals surface area contributed by atoms with Gasteiger partial charge in [-0.3, -0.25) is 24.5 Å². The number of carbonyl (C=O) groups is 4. The largest absolute Gasteiger partial charge is 0.494 e. The summed E-state index contributed by atoms with van der Waals surface area (Å²) in [5.74, 6) is 0.620. The van der Waals surface area contributed by atoms with Crippen molar-refractivity contribution in [2.45, 2.75) is 91.0 Å². The van der Waals surface area contributed by atoms with Crippen LogP contribution in [0.15, 0.2) is 60.9 Å². The number of amides is 4. The van der Waals surface area contributed by atoms with Crippen molar-refractivity contribution in [2.75, 3.05) is 6.61 Å². The van der Waals surface area contributed by atoms with Crippen LogP contribution in [0.5, 0.6) is 11.5 Å². The fraction of sp³-hybridized carbons (Fsp3) is 0.415. The van der Waals surface area contributed by atoms with Crippen LogP contribution in [-0.2, 0) is 22.6 Å². The first kappa shape index (κ1) is 38.5. The normalized spacial score (nSPS) is 20.8. The second kappa shape index (κ2) is 15.4. The van der Waals surface area contributed by atoms with E-state index in [1.807, 2.05) is 12.3 Å². The highest BCUT2D eigenvalue weighted by atomic mass is 35.5. The molecule has 4 amide bonds. The van der Waals surface area contributed by atoms with E-state index in [-0.39, 0.29) is 36.3 Å². The smallest absolute Gasteiger partial charge is 0.255 e. The SMILES string of the molecule is [C-]#[N+]c1ccc(OC2C(C)(C)C(NC(=O)c3ccc(-n4cc(CCCCCOc5ccc6c(c5)CN(C5CCC(=O)NC5=O)C6=O)nn4)nc3)C2(C)C)cc1Cl. The van der Waals surface area contributed by atoms with Gasteiger partial charge in [0.15, 0.2) is 5.82 Å². The number of ether oxygens (including phenoxy) is 2. The van der Waals surface area contributed by atoms with Crippen LogP contribution in [0.4, 0.5) is 5.69 Å². The molecule has 2 aromatic carbocycles. The minimum absolute atomic E-state index is 0.180. The molecule has 4 aromatic rings. The number of imide groups is 1. The minimum atomic E-state index is -0.645. The molecule has 1 aliphatic carbocycles. The van der Waals surface area contributed by atoms with Crippen molar-refractivity contribution in [2.24, 2.45) is 10.8 Å². The molecular weight excluding hydrogens is 736 g/mol. The summed E-state index contributed by atoms with van der Waals surface area (Å²) in [6, 6.07) is 13.0. The van der Waals surface area contributed by atoms with E-state index < -0.39 is 22.8 Å². The van der Waals surface area contributed by atoms with Crippen molar-refractivity contribution in [1.29, 1.82) is 0 Å². The van der Waals surface area contributed by atoms with Crippen LogP contribution in [0.2, 0.25) is 5.02 Å². The maximum absolute atomic E-state index is 13.4. The van der Waals surface area contributed by atoms with Crippen molar-refractivity contribution >= 4 is 40.9 Å². The second-order valence-corrected chi connectivity index (χ2v) is 16.1. The zero-order chi connectivity index (χ0) is 39.8. The van der Waals surface area contributed by atoms with E-state index in [4.69, 9.17) is 27.6 Å². The van der Waals surface area contributed by atoms with Gasteiger partial charge < -0.3 is 19.7 Å². The van der Waals surface area contributed by atoms with Crippen LogP contribution in [0.3, 0.4) is 0 Å². The van der Waals surface area contributed by atoms with E-state index in [0.717, 1.165) is 36.9 Å². The average molecular weight is 779 g/mol. The molecule has 15 heteroatoms. The number of hydrogen-bond donors (Lipinski definition) is 2. The lowest BCUT2D eigenvalue weighted by Crippen LogP contribution is -2.74. The summed E-state index contributed by atoms with van der Waals surface area (Å²) in [7, 11) is 0. The molecule has 1 saturated carbocycles. The van der Waals surface area contributed by atoms with Gasteiger partial charge in [0, 0.05) is 41.6 Å². The standard InChI is InChI=1S/C41H43ClN8O6/c1-40(2)38(41(3,4)39(40)56-28-12-14-31(43-5)30(42)20-28)46-35(52)24-10-16-33(44-21-24)50-23-26(47-48-50)9-7-6-8-18-55-27-11-13-29-25(19-27)22-49(37(29)54)32-15-17-34(51)45-36(32)53/h10-14,16,19-21,23,32,38-39H,6-9,15,17-18,22H2,1-4H3,(H,46,52)(H,45,51,53). The Balaban J connectivity index is 0.844. The maximum atomic E-state index is 13.4. The van der Waals surface area contributed by atoms with Crippen molar-refractivity contribution < 1.29 is 28.7 Å². The predicted octanol–water partition coefficient (Wildman–Crippen LogP) is 6.03. The number of hydrogen-bond acceptors (Lipinski definition) is 9. The number of fused-ring (bicyclic) bond motifs is 1. The van der Waals surface area contributed by atoms with Crippen molar-refractivity contribution in [3.05, 3.63) is 99.7 Å². The van der Waals surface area contributed by atoms with Crippen LogP contribution in [0, 0.1) is 17.4 Å². The molecule has 1 atom stereocenters. The Kier molecular flexibility index (Phi) is 10.6. The molecule has 290 valence electrons. The highest BCUT2D eigenvalue weighted by molar-refractivity contribution is 6.33. The minimum Gasteiger partial charge on any atom is -0.494 e. The number of benzene rings is 2. The molecule has 1 unspecified atom stereocenters. The van der Waals surface area contributed by atoms with Crippen molar-refractivity contribution in [3.63, 3.8) is 0 Å². The molecule has 14 nitrogen and oxygen atoms in total. The number of aryl methyl sites for hydroxylation is 1. The Morgan fingerprint density at radius 2 is 1.82 bits per heavy atom. The van der Waals surface area contributed by atoms with E-state index in [9.17, 15) is 19.2 Å². The quantitative estimate of drug-likeness (QED) is 0.0938. The zero-order valence-corrected chi connectivity index (χ0v) is 32.4. The Hall–Kier alpha value is -5.81. The molecule has 0 radical (unpaired) electrons. The van der Waals surface area contributed by atoms with E-state index in [1.165, 1.54) is 11.1 Å². The van der Waals surface area contributed by atoms with Gasteiger partial charge in [-0.25, -0.2) is 14.5 Å². The van der Waals surface area contributed by atoms with Gasteiger partial charge in [0.2, 0.25) is 17.5 Å². The zero-order valence-electron chi connectivity index (χ0n) is 31.7. The third-order valence-corrected chi connectivity index (χ3v) is 11.3. The third-order valence-electron chi connectivity index (χ3n) is 11.0. The summed E-state index contributed by atoms with van der Waals surface area (Å²) in [5.41, 5.74) is 2.21. The van der Waals surface area contributed by atoms with E-state index in [1.54, 1.807) is 47.1 Å². The monoisotopic (exact) mass is 778 g/mol. The van der Waals surface area contributed by atoms with Gasteiger partial charge in [-0.05, 0) is 80.1 Å².